The van der Waals surface area contributed by atoms with Crippen molar-refractivity contribution in [1.82, 2.24) is 15.0 Å². The van der Waals surface area contributed by atoms with Crippen LogP contribution in [0, 0.1) is 0 Å². The van der Waals surface area contributed by atoms with Crippen molar-refractivity contribution in [3.63, 3.8) is 0 Å². The van der Waals surface area contributed by atoms with Crippen molar-refractivity contribution >= 4 is 64.2 Å². The Bertz CT molecular complexity index is 3160. The largest absolute Gasteiger partial charge is 0.456 e. The second-order valence-electron chi connectivity index (χ2n) is 13.6. The van der Waals surface area contributed by atoms with E-state index in [-0.39, 0.29) is 0 Å². The zero-order chi connectivity index (χ0) is 35.6. The average Bonchev–Trinajstić information content (AvgIpc) is 3.82. The third kappa shape index (κ3) is 5.17. The van der Waals surface area contributed by atoms with Crippen molar-refractivity contribution in [3.05, 3.63) is 176 Å². The van der Waals surface area contributed by atoms with E-state index in [1.807, 2.05) is 35.6 Å². The third-order valence-corrected chi connectivity index (χ3v) is 11.4. The van der Waals surface area contributed by atoms with E-state index in [1.54, 1.807) is 0 Å². The van der Waals surface area contributed by atoms with Gasteiger partial charge in [0.2, 0.25) is 0 Å². The lowest BCUT2D eigenvalue weighted by Gasteiger charge is -2.13. The summed E-state index contributed by atoms with van der Waals surface area (Å²) in [5.74, 6) is 1.88. The molecule has 0 aliphatic heterocycles. The molecule has 3 heterocycles. The molecule has 54 heavy (non-hydrogen) atoms. The highest BCUT2D eigenvalue weighted by Gasteiger charge is 2.17. The molecule has 0 fully saturated rings. The van der Waals surface area contributed by atoms with Crippen LogP contribution in [0.5, 0.6) is 0 Å². The Kier molecular flexibility index (Phi) is 7.00. The van der Waals surface area contributed by atoms with E-state index in [1.165, 1.54) is 20.2 Å². The standard InChI is InChI=1S/C49H29N3OS/c1-3-11-30(12-4-1)35-26-36(31-13-5-2-6-14-31)28-37(27-35)49-51-47(50-48(52-49)34-21-24-45-41(29-34)39-15-8-10-18-44(39)54-45)33-19-22-38-32(25-33)20-23-43-46(38)40-16-7-9-17-42(40)53-43/h1-29H. The Hall–Kier alpha value is -6.95. The molecule has 8 aromatic carbocycles. The lowest BCUT2D eigenvalue weighted by molar-refractivity contribution is 0.669. The number of rotatable bonds is 5. The van der Waals surface area contributed by atoms with Gasteiger partial charge >= 0.3 is 0 Å². The number of nitrogens with zero attached hydrogens (tertiary/aromatic N) is 3. The van der Waals surface area contributed by atoms with E-state index in [2.05, 4.69) is 152 Å². The summed E-state index contributed by atoms with van der Waals surface area (Å²) < 4.78 is 8.72. The Morgan fingerprint density at radius 2 is 0.907 bits per heavy atom. The van der Waals surface area contributed by atoms with Gasteiger partial charge in [-0.1, -0.05) is 115 Å². The summed E-state index contributed by atoms with van der Waals surface area (Å²) in [4.78, 5) is 15.7. The van der Waals surface area contributed by atoms with Crippen LogP contribution in [0.4, 0.5) is 0 Å². The van der Waals surface area contributed by atoms with Crippen LogP contribution in [0.15, 0.2) is 180 Å². The van der Waals surface area contributed by atoms with Crippen molar-refractivity contribution in [2.75, 3.05) is 0 Å². The van der Waals surface area contributed by atoms with E-state index >= 15 is 0 Å². The maximum atomic E-state index is 6.21. The van der Waals surface area contributed by atoms with Crippen LogP contribution in [0.2, 0.25) is 0 Å². The Labute approximate surface area is 314 Å². The summed E-state index contributed by atoms with van der Waals surface area (Å²) in [6.45, 7) is 0. The summed E-state index contributed by atoms with van der Waals surface area (Å²) in [6, 6.07) is 61.6. The van der Waals surface area contributed by atoms with Crippen LogP contribution in [0.25, 0.3) is 109 Å². The van der Waals surface area contributed by atoms with Gasteiger partial charge in [0, 0.05) is 47.6 Å². The minimum Gasteiger partial charge on any atom is -0.456 e. The van der Waals surface area contributed by atoms with Crippen LogP contribution in [0.1, 0.15) is 0 Å². The number of hydrogen-bond acceptors (Lipinski definition) is 5. The number of hydrogen-bond donors (Lipinski definition) is 0. The van der Waals surface area contributed by atoms with Crippen molar-refractivity contribution < 1.29 is 4.42 Å². The minimum absolute atomic E-state index is 0.621. The molecule has 0 N–H and O–H groups in total. The average molecular weight is 708 g/mol. The minimum atomic E-state index is 0.621. The first-order valence-electron chi connectivity index (χ1n) is 18.0. The summed E-state index contributed by atoms with van der Waals surface area (Å²) >= 11 is 1.81. The van der Waals surface area contributed by atoms with Gasteiger partial charge in [0.1, 0.15) is 11.2 Å². The first-order valence-corrected chi connectivity index (χ1v) is 18.8. The van der Waals surface area contributed by atoms with Crippen molar-refractivity contribution in [2.45, 2.75) is 0 Å². The fourth-order valence-corrected chi connectivity index (χ4v) is 8.76. The predicted molar refractivity (Wildman–Crippen MR) is 225 cm³/mol. The molecule has 0 aliphatic carbocycles. The second-order valence-corrected chi connectivity index (χ2v) is 14.7. The van der Waals surface area contributed by atoms with Crippen molar-refractivity contribution in [3.8, 4) is 56.4 Å². The lowest BCUT2D eigenvalue weighted by atomic mass is 9.96. The van der Waals surface area contributed by atoms with E-state index in [0.29, 0.717) is 17.5 Å². The van der Waals surface area contributed by atoms with Crippen LogP contribution < -0.4 is 0 Å². The molecule has 0 spiro atoms. The maximum absolute atomic E-state index is 6.21. The Morgan fingerprint density at radius 1 is 0.333 bits per heavy atom. The van der Waals surface area contributed by atoms with Gasteiger partial charge in [0.05, 0.1) is 0 Å². The lowest BCUT2D eigenvalue weighted by Crippen LogP contribution is -2.00. The zero-order valence-electron chi connectivity index (χ0n) is 28.9. The molecule has 0 atom stereocenters. The van der Waals surface area contributed by atoms with Crippen molar-refractivity contribution in [1.29, 1.82) is 0 Å². The molecule has 0 amide bonds. The summed E-state index contributed by atoms with van der Waals surface area (Å²) in [5, 5.41) is 6.90. The molecule has 4 nitrogen and oxygen atoms in total. The molecule has 11 rings (SSSR count). The molecular weight excluding hydrogens is 679 g/mol. The topological polar surface area (TPSA) is 51.8 Å². The number of para-hydroxylation sites is 1. The zero-order valence-corrected chi connectivity index (χ0v) is 29.7. The number of aromatic nitrogens is 3. The highest BCUT2D eigenvalue weighted by Crippen LogP contribution is 2.39. The Morgan fingerprint density at radius 3 is 1.65 bits per heavy atom. The van der Waals surface area contributed by atoms with Gasteiger partial charge < -0.3 is 4.42 Å². The number of thiophene rings is 1. The van der Waals surface area contributed by atoms with Gasteiger partial charge in [-0.05, 0) is 93.7 Å². The second kappa shape index (κ2) is 12.3. The van der Waals surface area contributed by atoms with Crippen LogP contribution in [-0.4, -0.2) is 15.0 Å². The van der Waals surface area contributed by atoms with Gasteiger partial charge in [-0.25, -0.2) is 15.0 Å². The van der Waals surface area contributed by atoms with E-state index < -0.39 is 0 Å². The molecule has 0 radical (unpaired) electrons. The smallest absolute Gasteiger partial charge is 0.164 e. The van der Waals surface area contributed by atoms with E-state index in [0.717, 1.165) is 71.7 Å². The molecule has 252 valence electrons. The molecule has 0 saturated heterocycles. The van der Waals surface area contributed by atoms with Gasteiger partial charge in [0.25, 0.3) is 0 Å². The highest BCUT2D eigenvalue weighted by atomic mass is 32.1. The summed E-state index contributed by atoms with van der Waals surface area (Å²) in [5.41, 5.74) is 9.03. The first-order chi connectivity index (χ1) is 26.7. The van der Waals surface area contributed by atoms with Crippen molar-refractivity contribution in [2.24, 2.45) is 0 Å². The van der Waals surface area contributed by atoms with Gasteiger partial charge in [0.15, 0.2) is 17.5 Å². The number of fused-ring (bicyclic) bond motifs is 8. The van der Waals surface area contributed by atoms with Crippen LogP contribution >= 0.6 is 11.3 Å². The molecule has 0 aliphatic rings. The molecule has 3 aromatic heterocycles. The first kappa shape index (κ1) is 30.7. The fourth-order valence-electron chi connectivity index (χ4n) is 7.67. The van der Waals surface area contributed by atoms with Gasteiger partial charge in [-0.3, -0.25) is 0 Å². The molecule has 5 heteroatoms. The maximum Gasteiger partial charge on any atom is 0.164 e. The number of furan rings is 1. The quantitative estimate of drug-likeness (QED) is 0.179. The molecule has 11 aromatic rings. The molecular formula is C49H29N3OS. The Balaban J connectivity index is 1.14. The summed E-state index contributed by atoms with van der Waals surface area (Å²) in [6.07, 6.45) is 0. The summed E-state index contributed by atoms with van der Waals surface area (Å²) in [7, 11) is 0. The van der Waals surface area contributed by atoms with Crippen LogP contribution in [0.3, 0.4) is 0 Å². The fraction of sp³-hybridized carbons (Fsp3) is 0. The molecule has 0 saturated carbocycles. The predicted octanol–water partition coefficient (Wildman–Crippen LogP) is 13.6. The SMILES string of the molecule is c1ccc(-c2cc(-c3ccccc3)cc(-c3nc(-c4ccc5c(ccc6oc7ccccc7c65)c4)nc(-c4ccc5sc6ccccc6c5c4)n3)c2)cc1. The normalized spacial score (nSPS) is 11.7. The van der Waals surface area contributed by atoms with Gasteiger partial charge in [-0.15, -0.1) is 11.3 Å². The monoisotopic (exact) mass is 707 g/mol. The van der Waals surface area contributed by atoms with E-state index in [9.17, 15) is 0 Å². The molecule has 0 unspecified atom stereocenters. The number of benzene rings is 8. The van der Waals surface area contributed by atoms with Crippen LogP contribution in [-0.2, 0) is 0 Å². The van der Waals surface area contributed by atoms with E-state index in [4.69, 9.17) is 19.4 Å². The highest BCUT2D eigenvalue weighted by molar-refractivity contribution is 7.25. The third-order valence-electron chi connectivity index (χ3n) is 10.3. The van der Waals surface area contributed by atoms with Gasteiger partial charge in [-0.2, -0.15) is 0 Å². The molecule has 0 bridgehead atoms.